The summed E-state index contributed by atoms with van der Waals surface area (Å²) < 4.78 is 0. The standard InChI is InChI=1S/C18H21N7O/c1-3-19-18-24-12(2)10-16(25-18)22-8-9-23-17(26)13-4-5-14-15(11-13)21-7-6-20-14/h4-7,10-11H,3,8-9H2,1-2H3,(H,23,26)(H2,19,22,24,25). The smallest absolute Gasteiger partial charge is 0.251 e. The lowest BCUT2D eigenvalue weighted by Gasteiger charge is -2.10. The molecular weight excluding hydrogens is 330 g/mol. The van der Waals surface area contributed by atoms with E-state index in [9.17, 15) is 4.79 Å². The zero-order chi connectivity index (χ0) is 18.4. The van der Waals surface area contributed by atoms with E-state index in [4.69, 9.17) is 0 Å². The summed E-state index contributed by atoms with van der Waals surface area (Å²) >= 11 is 0. The lowest BCUT2D eigenvalue weighted by atomic mass is 10.2. The third kappa shape index (κ3) is 4.41. The van der Waals surface area contributed by atoms with Crippen LogP contribution in [0, 0.1) is 6.92 Å². The van der Waals surface area contributed by atoms with Gasteiger partial charge in [0.2, 0.25) is 5.95 Å². The number of nitrogens with one attached hydrogen (secondary N) is 3. The number of carbonyl (C=O) groups excluding carboxylic acids is 1. The molecule has 0 atom stereocenters. The van der Waals surface area contributed by atoms with E-state index in [2.05, 4.69) is 35.9 Å². The highest BCUT2D eigenvalue weighted by atomic mass is 16.1. The second-order valence-electron chi connectivity index (χ2n) is 5.69. The van der Waals surface area contributed by atoms with Gasteiger partial charge in [-0.05, 0) is 32.0 Å². The van der Waals surface area contributed by atoms with Crippen molar-refractivity contribution in [1.29, 1.82) is 0 Å². The molecule has 8 heteroatoms. The molecule has 0 saturated carbocycles. The van der Waals surface area contributed by atoms with Crippen molar-refractivity contribution in [3.63, 3.8) is 0 Å². The molecule has 1 amide bonds. The van der Waals surface area contributed by atoms with E-state index in [1.807, 2.05) is 19.9 Å². The molecule has 134 valence electrons. The van der Waals surface area contributed by atoms with Crippen LogP contribution in [0.2, 0.25) is 0 Å². The predicted octanol–water partition coefficient (Wildman–Crippen LogP) is 2.00. The van der Waals surface area contributed by atoms with Gasteiger partial charge < -0.3 is 16.0 Å². The number of aryl methyl sites for hydroxylation is 1. The molecule has 1 aromatic carbocycles. The minimum atomic E-state index is -0.147. The fourth-order valence-corrected chi connectivity index (χ4v) is 2.47. The Morgan fingerprint density at radius 1 is 1.00 bits per heavy atom. The Balaban J connectivity index is 1.53. The second kappa shape index (κ2) is 8.19. The minimum Gasteiger partial charge on any atom is -0.368 e. The van der Waals surface area contributed by atoms with Crippen LogP contribution >= 0.6 is 0 Å². The van der Waals surface area contributed by atoms with Crippen molar-refractivity contribution in [2.75, 3.05) is 30.3 Å². The SMILES string of the molecule is CCNc1nc(C)cc(NCCNC(=O)c2ccc3nccnc3c2)n1. The number of carbonyl (C=O) groups is 1. The number of anilines is 2. The molecule has 3 rings (SSSR count). The van der Waals surface area contributed by atoms with Gasteiger partial charge in [0.25, 0.3) is 5.91 Å². The fraction of sp³-hybridized carbons (Fsp3) is 0.278. The summed E-state index contributed by atoms with van der Waals surface area (Å²) in [6.45, 7) is 5.69. The molecule has 0 unspecified atom stereocenters. The van der Waals surface area contributed by atoms with E-state index in [1.54, 1.807) is 30.6 Å². The first kappa shape index (κ1) is 17.5. The van der Waals surface area contributed by atoms with Crippen LogP contribution < -0.4 is 16.0 Å². The van der Waals surface area contributed by atoms with Gasteiger partial charge in [0.05, 0.1) is 11.0 Å². The molecule has 2 heterocycles. The summed E-state index contributed by atoms with van der Waals surface area (Å²) in [6.07, 6.45) is 3.24. The third-order valence-electron chi connectivity index (χ3n) is 3.64. The topological polar surface area (TPSA) is 105 Å². The summed E-state index contributed by atoms with van der Waals surface area (Å²) in [4.78, 5) is 29.4. The fourth-order valence-electron chi connectivity index (χ4n) is 2.47. The van der Waals surface area contributed by atoms with E-state index in [0.717, 1.165) is 23.6 Å². The molecule has 0 aliphatic rings. The number of benzene rings is 1. The maximum atomic E-state index is 12.3. The molecule has 2 aromatic heterocycles. The predicted molar refractivity (Wildman–Crippen MR) is 101 cm³/mol. The van der Waals surface area contributed by atoms with Crippen molar-refractivity contribution in [3.8, 4) is 0 Å². The van der Waals surface area contributed by atoms with Gasteiger partial charge in [0.1, 0.15) is 5.82 Å². The number of rotatable bonds is 7. The van der Waals surface area contributed by atoms with E-state index in [-0.39, 0.29) is 5.91 Å². The number of fused-ring (bicyclic) bond motifs is 1. The Hall–Kier alpha value is -3.29. The van der Waals surface area contributed by atoms with Crippen LogP contribution in [0.1, 0.15) is 23.0 Å². The van der Waals surface area contributed by atoms with Crippen molar-refractivity contribution in [3.05, 3.63) is 47.9 Å². The zero-order valence-corrected chi connectivity index (χ0v) is 14.8. The molecule has 26 heavy (non-hydrogen) atoms. The molecule has 0 radical (unpaired) electrons. The Morgan fingerprint density at radius 2 is 1.81 bits per heavy atom. The van der Waals surface area contributed by atoms with Crippen molar-refractivity contribution >= 4 is 28.7 Å². The summed E-state index contributed by atoms with van der Waals surface area (Å²) in [5, 5.41) is 9.16. The number of aromatic nitrogens is 4. The van der Waals surface area contributed by atoms with Gasteiger partial charge in [0.15, 0.2) is 0 Å². The second-order valence-corrected chi connectivity index (χ2v) is 5.69. The van der Waals surface area contributed by atoms with Gasteiger partial charge in [-0.15, -0.1) is 0 Å². The highest BCUT2D eigenvalue weighted by molar-refractivity contribution is 5.97. The molecule has 0 aliphatic carbocycles. The van der Waals surface area contributed by atoms with Gasteiger partial charge in [-0.3, -0.25) is 14.8 Å². The van der Waals surface area contributed by atoms with E-state index in [1.165, 1.54) is 0 Å². The van der Waals surface area contributed by atoms with Crippen LogP contribution in [0.5, 0.6) is 0 Å². The number of hydrogen-bond donors (Lipinski definition) is 3. The molecule has 8 nitrogen and oxygen atoms in total. The van der Waals surface area contributed by atoms with Gasteiger partial charge in [-0.2, -0.15) is 4.98 Å². The molecule has 3 N–H and O–H groups in total. The maximum Gasteiger partial charge on any atom is 0.251 e. The monoisotopic (exact) mass is 351 g/mol. The molecule has 0 bridgehead atoms. The lowest BCUT2D eigenvalue weighted by molar-refractivity contribution is 0.0955. The normalized spacial score (nSPS) is 10.5. The van der Waals surface area contributed by atoms with Crippen LogP contribution in [0.15, 0.2) is 36.7 Å². The van der Waals surface area contributed by atoms with Crippen LogP contribution in [-0.2, 0) is 0 Å². The highest BCUT2D eigenvalue weighted by Crippen LogP contribution is 2.11. The van der Waals surface area contributed by atoms with Crippen LogP contribution in [0.4, 0.5) is 11.8 Å². The molecule has 0 spiro atoms. The molecule has 3 aromatic rings. The molecule has 0 saturated heterocycles. The van der Waals surface area contributed by atoms with Crippen LogP contribution in [-0.4, -0.2) is 45.5 Å². The lowest BCUT2D eigenvalue weighted by Crippen LogP contribution is -2.29. The first-order valence-corrected chi connectivity index (χ1v) is 8.48. The average Bonchev–Trinajstić information content (AvgIpc) is 2.64. The van der Waals surface area contributed by atoms with E-state index < -0.39 is 0 Å². The Kier molecular flexibility index (Phi) is 5.52. The molecule has 0 fully saturated rings. The quantitative estimate of drug-likeness (QED) is 0.559. The zero-order valence-electron chi connectivity index (χ0n) is 14.8. The third-order valence-corrected chi connectivity index (χ3v) is 3.64. The van der Waals surface area contributed by atoms with Crippen LogP contribution in [0.25, 0.3) is 11.0 Å². The Bertz CT molecular complexity index is 913. The number of hydrogen-bond acceptors (Lipinski definition) is 7. The molecule has 0 aliphatic heterocycles. The first-order chi connectivity index (χ1) is 12.7. The summed E-state index contributed by atoms with van der Waals surface area (Å²) in [6, 6.07) is 7.14. The van der Waals surface area contributed by atoms with Crippen LogP contribution in [0.3, 0.4) is 0 Å². The summed E-state index contributed by atoms with van der Waals surface area (Å²) in [5.74, 6) is 1.17. The van der Waals surface area contributed by atoms with Crippen molar-refractivity contribution < 1.29 is 4.79 Å². The van der Waals surface area contributed by atoms with E-state index >= 15 is 0 Å². The maximum absolute atomic E-state index is 12.3. The number of amides is 1. The van der Waals surface area contributed by atoms with Gasteiger partial charge >= 0.3 is 0 Å². The summed E-state index contributed by atoms with van der Waals surface area (Å²) in [7, 11) is 0. The Labute approximate surface area is 151 Å². The Morgan fingerprint density at radius 3 is 2.62 bits per heavy atom. The van der Waals surface area contributed by atoms with Gasteiger partial charge in [0, 0.05) is 49.4 Å². The van der Waals surface area contributed by atoms with Crippen molar-refractivity contribution in [2.45, 2.75) is 13.8 Å². The molecular formula is C18H21N7O. The number of nitrogens with zero attached hydrogens (tertiary/aromatic N) is 4. The average molecular weight is 351 g/mol. The van der Waals surface area contributed by atoms with E-state index in [0.29, 0.717) is 30.1 Å². The highest BCUT2D eigenvalue weighted by Gasteiger charge is 2.07. The van der Waals surface area contributed by atoms with Gasteiger partial charge in [-0.1, -0.05) is 0 Å². The summed E-state index contributed by atoms with van der Waals surface area (Å²) in [5.41, 5.74) is 2.90. The first-order valence-electron chi connectivity index (χ1n) is 8.48. The van der Waals surface area contributed by atoms with Gasteiger partial charge in [-0.25, -0.2) is 4.98 Å². The largest absolute Gasteiger partial charge is 0.368 e. The minimum absolute atomic E-state index is 0.147. The van der Waals surface area contributed by atoms with Crippen molar-refractivity contribution in [1.82, 2.24) is 25.3 Å². The van der Waals surface area contributed by atoms with Crippen molar-refractivity contribution in [2.24, 2.45) is 0 Å².